The summed E-state index contributed by atoms with van der Waals surface area (Å²) in [5.74, 6) is -0.551. The average molecular weight is 329 g/mol. The van der Waals surface area contributed by atoms with Crippen molar-refractivity contribution in [1.82, 2.24) is 14.7 Å². The summed E-state index contributed by atoms with van der Waals surface area (Å²) >= 11 is 1.34. The minimum Gasteiger partial charge on any atom is -0.394 e. The van der Waals surface area contributed by atoms with Crippen LogP contribution in [-0.4, -0.2) is 27.0 Å². The molecule has 6 nitrogen and oxygen atoms in total. The summed E-state index contributed by atoms with van der Waals surface area (Å²) in [6, 6.07) is 8.52. The molecule has 2 aromatic heterocycles. The van der Waals surface area contributed by atoms with Gasteiger partial charge in [0, 0.05) is 17.3 Å². The van der Waals surface area contributed by atoms with E-state index in [1.165, 1.54) is 21.9 Å². The molecule has 1 aromatic carbocycles. The zero-order valence-electron chi connectivity index (χ0n) is 12.4. The first-order valence-corrected chi connectivity index (χ1v) is 7.92. The van der Waals surface area contributed by atoms with Crippen molar-refractivity contribution >= 4 is 22.2 Å². The summed E-state index contributed by atoms with van der Waals surface area (Å²) in [6.07, 6.45) is 1.28. The van der Waals surface area contributed by atoms with E-state index in [9.17, 15) is 14.7 Å². The summed E-state index contributed by atoms with van der Waals surface area (Å²) in [6.45, 7) is 1.53. The number of hydrogen-bond acceptors (Lipinski definition) is 5. The van der Waals surface area contributed by atoms with Crippen molar-refractivity contribution in [2.45, 2.75) is 13.0 Å². The van der Waals surface area contributed by atoms with E-state index in [2.05, 4.69) is 10.3 Å². The first-order chi connectivity index (χ1) is 11.1. The van der Waals surface area contributed by atoms with Crippen LogP contribution in [0.1, 0.15) is 27.7 Å². The van der Waals surface area contributed by atoms with Crippen LogP contribution in [0, 0.1) is 6.92 Å². The largest absolute Gasteiger partial charge is 0.394 e. The number of carbonyl (C=O) groups is 1. The number of amides is 1. The Labute approximate surface area is 136 Å². The fourth-order valence-electron chi connectivity index (χ4n) is 2.34. The SMILES string of the molecule is Cc1csc2ncc(C(=O)NC(CO)c3ccccc3)c(=O)n12. The van der Waals surface area contributed by atoms with Crippen LogP contribution in [0.3, 0.4) is 0 Å². The number of aliphatic hydroxyl groups is 1. The molecule has 2 heterocycles. The Morgan fingerprint density at radius 1 is 1.39 bits per heavy atom. The van der Waals surface area contributed by atoms with E-state index in [1.54, 1.807) is 19.1 Å². The van der Waals surface area contributed by atoms with E-state index < -0.39 is 17.5 Å². The first-order valence-electron chi connectivity index (χ1n) is 7.04. The number of rotatable bonds is 4. The molecule has 0 aliphatic rings. The van der Waals surface area contributed by atoms with E-state index in [4.69, 9.17) is 0 Å². The standard InChI is InChI=1S/C16H15N3O3S/c1-10-9-23-16-17-7-12(15(22)19(10)16)14(21)18-13(8-20)11-5-3-2-4-6-11/h2-7,9,13,20H,8H2,1H3,(H,18,21). The van der Waals surface area contributed by atoms with Crippen molar-refractivity contribution in [3.05, 3.63) is 69.1 Å². The first kappa shape index (κ1) is 15.4. The smallest absolute Gasteiger partial charge is 0.271 e. The lowest BCUT2D eigenvalue weighted by Crippen LogP contribution is -2.35. The number of aliphatic hydroxyl groups excluding tert-OH is 1. The maximum Gasteiger partial charge on any atom is 0.271 e. The monoisotopic (exact) mass is 329 g/mol. The highest BCUT2D eigenvalue weighted by atomic mass is 32.1. The Morgan fingerprint density at radius 2 is 2.13 bits per heavy atom. The second-order valence-electron chi connectivity index (χ2n) is 5.09. The van der Waals surface area contributed by atoms with Crippen LogP contribution in [0.25, 0.3) is 4.96 Å². The lowest BCUT2D eigenvalue weighted by atomic mass is 10.1. The predicted molar refractivity (Wildman–Crippen MR) is 87.8 cm³/mol. The Hall–Kier alpha value is -2.51. The molecule has 118 valence electrons. The number of fused-ring (bicyclic) bond motifs is 1. The number of thiazole rings is 1. The highest BCUT2D eigenvalue weighted by Gasteiger charge is 2.19. The van der Waals surface area contributed by atoms with E-state index in [0.717, 1.165) is 11.3 Å². The summed E-state index contributed by atoms with van der Waals surface area (Å²) in [5.41, 5.74) is 1.05. The minimum absolute atomic E-state index is 0.0432. The van der Waals surface area contributed by atoms with Crippen LogP contribution in [0.15, 0.2) is 46.7 Å². The van der Waals surface area contributed by atoms with Gasteiger partial charge in [-0.05, 0) is 12.5 Å². The summed E-state index contributed by atoms with van der Waals surface area (Å²) in [4.78, 5) is 29.6. The molecule has 1 unspecified atom stereocenters. The van der Waals surface area contributed by atoms with Crippen LogP contribution >= 0.6 is 11.3 Å². The van der Waals surface area contributed by atoms with Crippen LogP contribution < -0.4 is 10.9 Å². The van der Waals surface area contributed by atoms with Crippen molar-refractivity contribution in [3.8, 4) is 0 Å². The lowest BCUT2D eigenvalue weighted by Gasteiger charge is -2.16. The zero-order chi connectivity index (χ0) is 16.4. The third kappa shape index (κ3) is 2.88. The zero-order valence-corrected chi connectivity index (χ0v) is 13.2. The molecule has 0 saturated heterocycles. The molecule has 1 atom stereocenters. The van der Waals surface area contributed by atoms with Crippen LogP contribution in [0.4, 0.5) is 0 Å². The lowest BCUT2D eigenvalue weighted by molar-refractivity contribution is 0.0914. The molecule has 0 saturated carbocycles. The number of benzene rings is 1. The number of aromatic nitrogens is 2. The molecular formula is C16H15N3O3S. The van der Waals surface area contributed by atoms with Gasteiger partial charge in [-0.25, -0.2) is 4.98 Å². The van der Waals surface area contributed by atoms with Gasteiger partial charge in [0.25, 0.3) is 11.5 Å². The maximum absolute atomic E-state index is 12.5. The van der Waals surface area contributed by atoms with Crippen molar-refractivity contribution in [2.75, 3.05) is 6.61 Å². The molecule has 0 spiro atoms. The van der Waals surface area contributed by atoms with Gasteiger partial charge in [0.15, 0.2) is 4.96 Å². The molecule has 1 amide bonds. The highest BCUT2D eigenvalue weighted by molar-refractivity contribution is 7.15. The highest BCUT2D eigenvalue weighted by Crippen LogP contribution is 2.13. The van der Waals surface area contributed by atoms with Crippen LogP contribution in [-0.2, 0) is 0 Å². The van der Waals surface area contributed by atoms with E-state index in [-0.39, 0.29) is 12.2 Å². The van der Waals surface area contributed by atoms with Gasteiger partial charge < -0.3 is 10.4 Å². The Bertz CT molecular complexity index is 902. The van der Waals surface area contributed by atoms with Crippen molar-refractivity contribution < 1.29 is 9.90 Å². The number of carbonyl (C=O) groups excluding carboxylic acids is 1. The molecule has 0 bridgehead atoms. The number of nitrogens with zero attached hydrogens (tertiary/aromatic N) is 2. The molecule has 0 aliphatic carbocycles. The van der Waals surface area contributed by atoms with Gasteiger partial charge in [-0.2, -0.15) is 0 Å². The summed E-state index contributed by atoms with van der Waals surface area (Å²) < 4.78 is 1.41. The Kier molecular flexibility index (Phi) is 4.22. The summed E-state index contributed by atoms with van der Waals surface area (Å²) in [7, 11) is 0. The third-order valence-electron chi connectivity index (χ3n) is 3.55. The summed E-state index contributed by atoms with van der Waals surface area (Å²) in [5, 5.41) is 14.0. The topological polar surface area (TPSA) is 83.7 Å². The molecular weight excluding hydrogens is 314 g/mol. The van der Waals surface area contributed by atoms with Gasteiger partial charge in [0.1, 0.15) is 5.56 Å². The van der Waals surface area contributed by atoms with E-state index in [0.29, 0.717) is 4.96 Å². The van der Waals surface area contributed by atoms with Crippen LogP contribution in [0.5, 0.6) is 0 Å². The Balaban J connectivity index is 1.93. The van der Waals surface area contributed by atoms with Gasteiger partial charge in [-0.15, -0.1) is 11.3 Å². The molecule has 0 fully saturated rings. The molecule has 3 aromatic rings. The maximum atomic E-state index is 12.5. The predicted octanol–water partition coefficient (Wildman–Crippen LogP) is 1.53. The van der Waals surface area contributed by atoms with Gasteiger partial charge in [0.05, 0.1) is 12.6 Å². The Morgan fingerprint density at radius 3 is 2.83 bits per heavy atom. The van der Waals surface area contributed by atoms with Gasteiger partial charge in [0.2, 0.25) is 0 Å². The van der Waals surface area contributed by atoms with Crippen molar-refractivity contribution in [3.63, 3.8) is 0 Å². The van der Waals surface area contributed by atoms with Gasteiger partial charge in [-0.3, -0.25) is 14.0 Å². The molecule has 23 heavy (non-hydrogen) atoms. The molecule has 2 N–H and O–H groups in total. The second kappa shape index (κ2) is 6.31. The molecule has 3 rings (SSSR count). The third-order valence-corrected chi connectivity index (χ3v) is 4.51. The second-order valence-corrected chi connectivity index (χ2v) is 5.93. The fourth-order valence-corrected chi connectivity index (χ4v) is 3.16. The minimum atomic E-state index is -0.577. The number of aryl methyl sites for hydroxylation is 1. The van der Waals surface area contributed by atoms with Gasteiger partial charge in [-0.1, -0.05) is 30.3 Å². The number of nitrogens with one attached hydrogen (secondary N) is 1. The van der Waals surface area contributed by atoms with Gasteiger partial charge >= 0.3 is 0 Å². The normalized spacial score (nSPS) is 12.3. The molecule has 0 radical (unpaired) electrons. The quantitative estimate of drug-likeness (QED) is 0.760. The molecule has 7 heteroatoms. The van der Waals surface area contributed by atoms with E-state index in [1.807, 2.05) is 23.6 Å². The molecule has 0 aliphatic heterocycles. The fraction of sp³-hybridized carbons (Fsp3) is 0.188. The van der Waals surface area contributed by atoms with Crippen LogP contribution in [0.2, 0.25) is 0 Å². The van der Waals surface area contributed by atoms with E-state index >= 15 is 0 Å². The average Bonchev–Trinajstić information content (AvgIpc) is 2.95. The number of hydrogen-bond donors (Lipinski definition) is 2. The van der Waals surface area contributed by atoms with Crippen molar-refractivity contribution in [2.24, 2.45) is 0 Å². The van der Waals surface area contributed by atoms with Crippen molar-refractivity contribution in [1.29, 1.82) is 0 Å².